The first-order chi connectivity index (χ1) is 11.1. The maximum Gasteiger partial charge on any atom is 0.254 e. The van der Waals surface area contributed by atoms with Gasteiger partial charge in [-0.05, 0) is 31.9 Å². The fraction of sp³-hybridized carbons (Fsp3) is 0.529. The van der Waals surface area contributed by atoms with Gasteiger partial charge in [-0.3, -0.25) is 4.79 Å². The summed E-state index contributed by atoms with van der Waals surface area (Å²) in [6.07, 6.45) is 2.90. The van der Waals surface area contributed by atoms with Crippen molar-refractivity contribution in [2.24, 2.45) is 10.5 Å². The number of hydrogen-bond donors (Lipinski definition) is 0. The van der Waals surface area contributed by atoms with Crippen LogP contribution in [-0.4, -0.2) is 38.0 Å². The van der Waals surface area contributed by atoms with E-state index < -0.39 is 0 Å². The van der Waals surface area contributed by atoms with Crippen molar-refractivity contribution in [1.29, 1.82) is 0 Å². The Morgan fingerprint density at radius 2 is 1.83 bits per heavy atom. The number of methoxy groups -OCH3 is 3. The summed E-state index contributed by atoms with van der Waals surface area (Å²) in [6.45, 7) is 2.31. The highest BCUT2D eigenvalue weighted by molar-refractivity contribution is 6.11. The van der Waals surface area contributed by atoms with E-state index in [-0.39, 0.29) is 11.3 Å². The maximum atomic E-state index is 12.7. The molecule has 1 aliphatic heterocycles. The second-order valence-electron chi connectivity index (χ2n) is 5.98. The number of nitrogens with zero attached hydrogens (tertiary/aromatic N) is 2. The smallest absolute Gasteiger partial charge is 0.254 e. The first-order valence-electron chi connectivity index (χ1n) is 7.73. The first-order valence-corrected chi connectivity index (χ1v) is 7.73. The summed E-state index contributed by atoms with van der Waals surface area (Å²) in [5, 5.41) is 6.04. The van der Waals surface area contributed by atoms with Crippen LogP contribution in [0.1, 0.15) is 31.7 Å². The van der Waals surface area contributed by atoms with Crippen LogP contribution in [0.25, 0.3) is 0 Å². The summed E-state index contributed by atoms with van der Waals surface area (Å²) in [7, 11) is 4.72. The van der Waals surface area contributed by atoms with E-state index in [2.05, 4.69) is 5.10 Å². The molecule has 6 heteroatoms. The molecule has 1 aromatic carbocycles. The molecule has 23 heavy (non-hydrogen) atoms. The zero-order valence-corrected chi connectivity index (χ0v) is 14.0. The van der Waals surface area contributed by atoms with Crippen LogP contribution in [0.2, 0.25) is 0 Å². The van der Waals surface area contributed by atoms with Gasteiger partial charge in [-0.15, -0.1) is 0 Å². The van der Waals surface area contributed by atoms with Gasteiger partial charge in [-0.2, -0.15) is 5.10 Å². The molecule has 6 nitrogen and oxygen atoms in total. The number of rotatable bonds is 5. The fourth-order valence-electron chi connectivity index (χ4n) is 3.39. The molecular weight excluding hydrogens is 296 g/mol. The molecule has 1 aliphatic carbocycles. The van der Waals surface area contributed by atoms with Crippen molar-refractivity contribution in [3.05, 3.63) is 17.7 Å². The van der Waals surface area contributed by atoms with E-state index >= 15 is 0 Å². The van der Waals surface area contributed by atoms with Crippen LogP contribution < -0.4 is 14.2 Å². The highest BCUT2D eigenvalue weighted by Gasteiger charge is 2.53. The van der Waals surface area contributed by atoms with Crippen molar-refractivity contribution in [1.82, 2.24) is 5.01 Å². The zero-order valence-electron chi connectivity index (χ0n) is 14.0. The van der Waals surface area contributed by atoms with Crippen molar-refractivity contribution in [2.45, 2.75) is 32.7 Å². The van der Waals surface area contributed by atoms with Crippen LogP contribution in [0, 0.1) is 5.41 Å². The Hall–Kier alpha value is -2.24. The van der Waals surface area contributed by atoms with Gasteiger partial charge in [0.25, 0.3) is 5.91 Å². The van der Waals surface area contributed by atoms with Gasteiger partial charge in [-0.25, -0.2) is 5.01 Å². The van der Waals surface area contributed by atoms with Gasteiger partial charge in [0.15, 0.2) is 11.5 Å². The highest BCUT2D eigenvalue weighted by Crippen LogP contribution is 2.48. The van der Waals surface area contributed by atoms with E-state index in [4.69, 9.17) is 14.2 Å². The molecule has 1 heterocycles. The van der Waals surface area contributed by atoms with Crippen molar-refractivity contribution >= 4 is 11.6 Å². The lowest BCUT2D eigenvalue weighted by molar-refractivity contribution is -0.140. The number of benzene rings is 1. The van der Waals surface area contributed by atoms with Gasteiger partial charge in [0.2, 0.25) is 5.75 Å². The first kappa shape index (κ1) is 15.6. The van der Waals surface area contributed by atoms with Gasteiger partial charge in [0.05, 0.1) is 39.0 Å². The van der Waals surface area contributed by atoms with Gasteiger partial charge in [0.1, 0.15) is 0 Å². The third-order valence-corrected chi connectivity index (χ3v) is 4.92. The SMILES string of the molecule is COc1ccc(CN2N=C(C)C3(CCC3)C2=O)c(OC)c1OC. The van der Waals surface area contributed by atoms with Crippen LogP contribution in [0.3, 0.4) is 0 Å². The molecule has 1 fully saturated rings. The number of amides is 1. The van der Waals surface area contributed by atoms with E-state index in [0.29, 0.717) is 23.8 Å². The number of hydrazone groups is 1. The molecule has 0 N–H and O–H groups in total. The fourth-order valence-corrected chi connectivity index (χ4v) is 3.39. The Labute approximate surface area is 136 Å². The average molecular weight is 318 g/mol. The molecule has 0 bridgehead atoms. The van der Waals surface area contributed by atoms with Gasteiger partial charge in [0, 0.05) is 5.56 Å². The van der Waals surface area contributed by atoms with Crippen LogP contribution in [-0.2, 0) is 11.3 Å². The lowest BCUT2D eigenvalue weighted by atomic mass is 9.66. The van der Waals surface area contributed by atoms with Crippen LogP contribution >= 0.6 is 0 Å². The van der Waals surface area contributed by atoms with Gasteiger partial charge < -0.3 is 14.2 Å². The van der Waals surface area contributed by atoms with Gasteiger partial charge >= 0.3 is 0 Å². The summed E-state index contributed by atoms with van der Waals surface area (Å²) in [5.74, 6) is 1.79. The Morgan fingerprint density at radius 1 is 1.13 bits per heavy atom. The Bertz CT molecular complexity index is 665. The van der Waals surface area contributed by atoms with Crippen LogP contribution in [0.4, 0.5) is 0 Å². The molecule has 3 rings (SSSR count). The maximum absolute atomic E-state index is 12.7. The largest absolute Gasteiger partial charge is 0.493 e. The number of carbonyl (C=O) groups is 1. The lowest BCUT2D eigenvalue weighted by Crippen LogP contribution is -2.44. The molecule has 0 saturated heterocycles. The number of carbonyl (C=O) groups excluding carboxylic acids is 1. The number of ether oxygens (including phenoxy) is 3. The Balaban J connectivity index is 1.91. The zero-order chi connectivity index (χ0) is 16.6. The predicted octanol–water partition coefficient (Wildman–Crippen LogP) is 2.60. The van der Waals surface area contributed by atoms with Crippen LogP contribution in [0.5, 0.6) is 17.2 Å². The minimum atomic E-state index is -0.343. The third-order valence-electron chi connectivity index (χ3n) is 4.92. The second kappa shape index (κ2) is 5.76. The van der Waals surface area contributed by atoms with E-state index in [1.165, 1.54) is 0 Å². The van der Waals surface area contributed by atoms with E-state index in [1.54, 1.807) is 26.3 Å². The van der Waals surface area contributed by atoms with Crippen molar-refractivity contribution in [3.63, 3.8) is 0 Å². The minimum Gasteiger partial charge on any atom is -0.493 e. The molecule has 1 amide bonds. The van der Waals surface area contributed by atoms with Crippen molar-refractivity contribution in [2.75, 3.05) is 21.3 Å². The second-order valence-corrected chi connectivity index (χ2v) is 5.98. The molecule has 1 spiro atoms. The van der Waals surface area contributed by atoms with Gasteiger partial charge in [-0.1, -0.05) is 6.42 Å². The van der Waals surface area contributed by atoms with E-state index in [9.17, 15) is 4.79 Å². The van der Waals surface area contributed by atoms with Crippen LogP contribution in [0.15, 0.2) is 17.2 Å². The highest BCUT2D eigenvalue weighted by atomic mass is 16.5. The molecule has 0 unspecified atom stereocenters. The molecule has 124 valence electrons. The molecule has 1 aromatic rings. The monoisotopic (exact) mass is 318 g/mol. The molecule has 1 saturated carbocycles. The minimum absolute atomic E-state index is 0.0955. The van der Waals surface area contributed by atoms with Crippen molar-refractivity contribution in [3.8, 4) is 17.2 Å². The lowest BCUT2D eigenvalue weighted by Gasteiger charge is -2.36. The molecule has 2 aliphatic rings. The third kappa shape index (κ3) is 2.24. The standard InChI is InChI=1S/C17H22N2O4/c1-11-17(8-5-9-17)16(20)19(18-11)10-12-6-7-13(21-2)15(23-4)14(12)22-3/h6-7H,5,8-10H2,1-4H3. The topological polar surface area (TPSA) is 60.4 Å². The summed E-state index contributed by atoms with van der Waals surface area (Å²) in [6, 6.07) is 3.69. The average Bonchev–Trinajstić information content (AvgIpc) is 2.77. The predicted molar refractivity (Wildman–Crippen MR) is 86.0 cm³/mol. The van der Waals surface area contributed by atoms with E-state index in [1.807, 2.05) is 19.1 Å². The Morgan fingerprint density at radius 3 is 2.30 bits per heavy atom. The van der Waals surface area contributed by atoms with E-state index in [0.717, 1.165) is 30.5 Å². The summed E-state index contributed by atoms with van der Waals surface area (Å²) in [5.41, 5.74) is 1.42. The quantitative estimate of drug-likeness (QED) is 0.837. The number of hydrogen-bond acceptors (Lipinski definition) is 5. The Kier molecular flexibility index (Phi) is 3.92. The molecule has 0 atom stereocenters. The molecule has 0 radical (unpaired) electrons. The summed E-state index contributed by atoms with van der Waals surface area (Å²) >= 11 is 0. The van der Waals surface area contributed by atoms with Crippen molar-refractivity contribution < 1.29 is 19.0 Å². The molecule has 0 aromatic heterocycles. The normalized spacial score (nSPS) is 18.7. The summed E-state index contributed by atoms with van der Waals surface area (Å²) < 4.78 is 16.2. The summed E-state index contributed by atoms with van der Waals surface area (Å²) in [4.78, 5) is 12.7. The molecular formula is C17H22N2O4.